The molecule has 0 aliphatic carbocycles. The normalized spacial score (nSPS) is 19.3. The number of nitrogens with one attached hydrogen (secondary N) is 2. The van der Waals surface area contributed by atoms with Crippen molar-refractivity contribution >= 4 is 0 Å². The fourth-order valence-corrected chi connectivity index (χ4v) is 2.46. The number of ether oxygens (including phenoxy) is 1. The molecule has 0 amide bonds. The zero-order chi connectivity index (χ0) is 13.0. The summed E-state index contributed by atoms with van der Waals surface area (Å²) in [7, 11) is 1.48. The lowest BCUT2D eigenvalue weighted by Gasteiger charge is -2.28. The summed E-state index contributed by atoms with van der Waals surface area (Å²) in [4.78, 5) is 0. The van der Waals surface area contributed by atoms with E-state index >= 15 is 0 Å². The van der Waals surface area contributed by atoms with Crippen molar-refractivity contribution in [2.75, 3.05) is 33.3 Å². The summed E-state index contributed by atoms with van der Waals surface area (Å²) in [6.45, 7) is 6.11. The Kier molecular flexibility index (Phi) is 4.19. The Bertz CT molecular complexity index is 401. The maximum atomic E-state index is 13.7. The third-order valence-electron chi connectivity index (χ3n) is 3.43. The molecule has 1 heterocycles. The molecule has 100 valence electrons. The van der Waals surface area contributed by atoms with Gasteiger partial charge in [-0.25, -0.2) is 4.39 Å². The van der Waals surface area contributed by atoms with Crippen LogP contribution in [0.3, 0.4) is 0 Å². The number of hydrogen-bond acceptors (Lipinski definition) is 3. The summed E-state index contributed by atoms with van der Waals surface area (Å²) in [6, 6.07) is 5.22. The molecule has 4 heteroatoms. The van der Waals surface area contributed by atoms with Crippen molar-refractivity contribution in [1.82, 2.24) is 10.6 Å². The van der Waals surface area contributed by atoms with Crippen LogP contribution in [0.25, 0.3) is 0 Å². The van der Waals surface area contributed by atoms with Crippen molar-refractivity contribution in [1.29, 1.82) is 0 Å². The lowest BCUT2D eigenvalue weighted by Crippen LogP contribution is -2.37. The quantitative estimate of drug-likeness (QED) is 0.857. The molecular weight excluding hydrogens is 231 g/mol. The van der Waals surface area contributed by atoms with Gasteiger partial charge in [0.2, 0.25) is 0 Å². The van der Waals surface area contributed by atoms with Crippen LogP contribution >= 0.6 is 0 Å². The smallest absolute Gasteiger partial charge is 0.165 e. The minimum atomic E-state index is -0.284. The van der Waals surface area contributed by atoms with E-state index in [4.69, 9.17) is 4.74 Å². The Morgan fingerprint density at radius 3 is 2.50 bits per heavy atom. The van der Waals surface area contributed by atoms with Crippen LogP contribution in [-0.2, 0) is 6.42 Å². The second kappa shape index (κ2) is 5.67. The van der Waals surface area contributed by atoms with E-state index in [-0.39, 0.29) is 11.2 Å². The standard InChI is InChI=1S/C14H21FN2O/c1-14(9-16-5-6-17-10-14)8-11-3-4-13(18-2)12(15)7-11/h3-4,7,16-17H,5-6,8-10H2,1-2H3. The molecule has 0 aromatic heterocycles. The van der Waals surface area contributed by atoms with Gasteiger partial charge in [0.1, 0.15) is 0 Å². The Balaban J connectivity index is 2.10. The van der Waals surface area contributed by atoms with Crippen molar-refractivity contribution in [3.8, 4) is 5.75 Å². The molecule has 0 atom stereocenters. The number of methoxy groups -OCH3 is 1. The molecule has 0 unspecified atom stereocenters. The molecule has 0 bridgehead atoms. The van der Waals surface area contributed by atoms with Gasteiger partial charge in [-0.2, -0.15) is 0 Å². The monoisotopic (exact) mass is 252 g/mol. The topological polar surface area (TPSA) is 33.3 Å². The van der Waals surface area contributed by atoms with Crippen LogP contribution in [0, 0.1) is 11.2 Å². The second-order valence-electron chi connectivity index (χ2n) is 5.31. The van der Waals surface area contributed by atoms with E-state index in [2.05, 4.69) is 17.6 Å². The molecule has 3 nitrogen and oxygen atoms in total. The van der Waals surface area contributed by atoms with Crippen molar-refractivity contribution in [3.05, 3.63) is 29.6 Å². The highest BCUT2D eigenvalue weighted by molar-refractivity contribution is 5.30. The van der Waals surface area contributed by atoms with Gasteiger partial charge < -0.3 is 15.4 Å². The fourth-order valence-electron chi connectivity index (χ4n) is 2.46. The van der Waals surface area contributed by atoms with Crippen molar-refractivity contribution in [3.63, 3.8) is 0 Å². The molecule has 1 aromatic rings. The molecule has 1 aromatic carbocycles. The highest BCUT2D eigenvalue weighted by atomic mass is 19.1. The minimum Gasteiger partial charge on any atom is -0.494 e. The Labute approximate surface area is 108 Å². The van der Waals surface area contributed by atoms with Gasteiger partial charge in [-0.05, 0) is 29.5 Å². The van der Waals surface area contributed by atoms with E-state index in [1.165, 1.54) is 7.11 Å². The van der Waals surface area contributed by atoms with Crippen LogP contribution in [0.15, 0.2) is 18.2 Å². The van der Waals surface area contributed by atoms with E-state index < -0.39 is 0 Å². The molecule has 0 saturated carbocycles. The third kappa shape index (κ3) is 3.21. The number of hydrogen-bond donors (Lipinski definition) is 2. The van der Waals surface area contributed by atoms with Crippen LogP contribution < -0.4 is 15.4 Å². The third-order valence-corrected chi connectivity index (χ3v) is 3.43. The molecule has 1 fully saturated rings. The molecule has 2 N–H and O–H groups in total. The summed E-state index contributed by atoms with van der Waals surface area (Å²) in [5.74, 6) is 0.0224. The largest absolute Gasteiger partial charge is 0.494 e. The summed E-state index contributed by atoms with van der Waals surface area (Å²) < 4.78 is 18.6. The summed E-state index contributed by atoms with van der Waals surface area (Å²) in [6.07, 6.45) is 0.855. The van der Waals surface area contributed by atoms with Gasteiger partial charge in [0.05, 0.1) is 7.11 Å². The van der Waals surface area contributed by atoms with Crippen LogP contribution in [0.5, 0.6) is 5.75 Å². The number of benzene rings is 1. The number of rotatable bonds is 3. The lowest BCUT2D eigenvalue weighted by atomic mass is 9.83. The van der Waals surface area contributed by atoms with Crippen molar-refractivity contribution < 1.29 is 9.13 Å². The minimum absolute atomic E-state index is 0.123. The average Bonchev–Trinajstić information content (AvgIpc) is 2.54. The van der Waals surface area contributed by atoms with Gasteiger partial charge >= 0.3 is 0 Å². The van der Waals surface area contributed by atoms with Crippen molar-refractivity contribution in [2.24, 2.45) is 5.41 Å². The summed E-state index contributed by atoms with van der Waals surface area (Å²) in [5.41, 5.74) is 1.14. The van der Waals surface area contributed by atoms with Gasteiger partial charge in [-0.3, -0.25) is 0 Å². The van der Waals surface area contributed by atoms with Gasteiger partial charge in [0.15, 0.2) is 11.6 Å². The molecule has 1 saturated heterocycles. The number of halogens is 1. The van der Waals surface area contributed by atoms with Crippen LogP contribution in [0.4, 0.5) is 4.39 Å². The Morgan fingerprint density at radius 2 is 1.94 bits per heavy atom. The van der Waals surface area contributed by atoms with Gasteiger partial charge in [0, 0.05) is 26.2 Å². The molecule has 0 radical (unpaired) electrons. The SMILES string of the molecule is COc1ccc(CC2(C)CNCCNC2)cc1F. The first-order chi connectivity index (χ1) is 8.63. The van der Waals surface area contributed by atoms with Crippen LogP contribution in [0.1, 0.15) is 12.5 Å². The van der Waals surface area contributed by atoms with E-state index in [0.29, 0.717) is 5.75 Å². The molecule has 18 heavy (non-hydrogen) atoms. The first-order valence-electron chi connectivity index (χ1n) is 6.37. The van der Waals surface area contributed by atoms with Crippen LogP contribution in [0.2, 0.25) is 0 Å². The van der Waals surface area contributed by atoms with Gasteiger partial charge in [0.25, 0.3) is 0 Å². The van der Waals surface area contributed by atoms with Crippen molar-refractivity contribution in [2.45, 2.75) is 13.3 Å². The van der Waals surface area contributed by atoms with Gasteiger partial charge in [-0.1, -0.05) is 13.0 Å². The molecule has 0 spiro atoms. The van der Waals surface area contributed by atoms with E-state index in [9.17, 15) is 4.39 Å². The maximum absolute atomic E-state index is 13.7. The fraction of sp³-hybridized carbons (Fsp3) is 0.571. The Hall–Kier alpha value is -1.13. The summed E-state index contributed by atoms with van der Waals surface area (Å²) >= 11 is 0. The Morgan fingerprint density at radius 1 is 1.28 bits per heavy atom. The molecule has 2 rings (SSSR count). The highest BCUT2D eigenvalue weighted by Crippen LogP contribution is 2.25. The summed E-state index contributed by atoms with van der Waals surface area (Å²) in [5, 5.41) is 6.83. The maximum Gasteiger partial charge on any atom is 0.165 e. The molecule has 1 aliphatic rings. The average molecular weight is 252 g/mol. The predicted octanol–water partition coefficient (Wildman–Crippen LogP) is 1.58. The van der Waals surface area contributed by atoms with E-state index in [1.54, 1.807) is 12.1 Å². The van der Waals surface area contributed by atoms with E-state index in [0.717, 1.165) is 38.2 Å². The molecular formula is C14H21FN2O. The van der Waals surface area contributed by atoms with Crippen LogP contribution in [-0.4, -0.2) is 33.3 Å². The predicted molar refractivity (Wildman–Crippen MR) is 70.5 cm³/mol. The molecule has 1 aliphatic heterocycles. The van der Waals surface area contributed by atoms with Gasteiger partial charge in [-0.15, -0.1) is 0 Å². The first-order valence-corrected chi connectivity index (χ1v) is 6.37. The highest BCUT2D eigenvalue weighted by Gasteiger charge is 2.26. The second-order valence-corrected chi connectivity index (χ2v) is 5.31. The first kappa shape index (κ1) is 13.3. The zero-order valence-electron chi connectivity index (χ0n) is 11.1. The zero-order valence-corrected chi connectivity index (χ0v) is 11.1. The van der Waals surface area contributed by atoms with E-state index in [1.807, 2.05) is 6.07 Å². The lowest BCUT2D eigenvalue weighted by molar-refractivity contribution is 0.313.